The number of amides is 2. The number of benzene rings is 2. The summed E-state index contributed by atoms with van der Waals surface area (Å²) in [5.41, 5.74) is 0.795. The molecule has 0 saturated carbocycles. The molecule has 0 heterocycles. The molecular weight excluding hydrogens is 339 g/mol. The molecule has 2 aromatic carbocycles. The first kappa shape index (κ1) is 19.2. The van der Waals surface area contributed by atoms with Crippen LogP contribution in [0.1, 0.15) is 15.9 Å². The van der Waals surface area contributed by atoms with Gasteiger partial charge in [-0.15, -0.1) is 0 Å². The van der Waals surface area contributed by atoms with Crippen LogP contribution in [0.15, 0.2) is 42.5 Å². The van der Waals surface area contributed by atoms with Crippen molar-refractivity contribution in [1.82, 2.24) is 10.6 Å². The molecule has 26 heavy (non-hydrogen) atoms. The molecule has 0 aliphatic rings. The van der Waals surface area contributed by atoms with Crippen molar-refractivity contribution in [3.05, 3.63) is 59.4 Å². The summed E-state index contributed by atoms with van der Waals surface area (Å²) >= 11 is 0. The lowest BCUT2D eigenvalue weighted by molar-refractivity contribution is -0.120. The fourth-order valence-corrected chi connectivity index (χ4v) is 2.38. The Morgan fingerprint density at radius 3 is 2.50 bits per heavy atom. The fraction of sp³-hybridized carbons (Fsp3) is 0.263. The molecule has 0 bridgehead atoms. The van der Waals surface area contributed by atoms with Crippen molar-refractivity contribution in [3.8, 4) is 11.5 Å². The number of hydrogen-bond donors (Lipinski definition) is 2. The largest absolute Gasteiger partial charge is 0.497 e. The van der Waals surface area contributed by atoms with Gasteiger partial charge >= 0.3 is 0 Å². The highest BCUT2D eigenvalue weighted by molar-refractivity contribution is 5.96. The van der Waals surface area contributed by atoms with Crippen molar-refractivity contribution in [3.63, 3.8) is 0 Å². The third-order valence-electron chi connectivity index (χ3n) is 3.73. The van der Waals surface area contributed by atoms with Crippen LogP contribution >= 0.6 is 0 Å². The van der Waals surface area contributed by atoms with Gasteiger partial charge in [-0.3, -0.25) is 9.59 Å². The summed E-state index contributed by atoms with van der Waals surface area (Å²) in [5.74, 6) is -0.225. The number of nitrogens with one attached hydrogen (secondary N) is 2. The minimum Gasteiger partial charge on any atom is -0.497 e. The van der Waals surface area contributed by atoms with Gasteiger partial charge in [-0.25, -0.2) is 4.39 Å². The SMILES string of the molecule is COc1ccc(OC)c(CCNC(=O)CNC(=O)c2ccccc2F)c1. The highest BCUT2D eigenvalue weighted by atomic mass is 19.1. The molecule has 6 nitrogen and oxygen atoms in total. The molecular formula is C19H21FN2O4. The summed E-state index contributed by atoms with van der Waals surface area (Å²) in [4.78, 5) is 23.7. The molecule has 0 unspecified atom stereocenters. The van der Waals surface area contributed by atoms with Crippen LogP contribution in [-0.2, 0) is 11.2 Å². The van der Waals surface area contributed by atoms with Crippen LogP contribution in [0.4, 0.5) is 4.39 Å². The molecule has 7 heteroatoms. The average Bonchev–Trinajstić information content (AvgIpc) is 2.66. The van der Waals surface area contributed by atoms with Gasteiger partial charge in [0.2, 0.25) is 5.91 Å². The molecule has 2 N–H and O–H groups in total. The Kier molecular flexibility index (Phi) is 6.96. The minimum atomic E-state index is -0.632. The van der Waals surface area contributed by atoms with E-state index in [1.54, 1.807) is 32.4 Å². The van der Waals surface area contributed by atoms with E-state index in [4.69, 9.17) is 9.47 Å². The van der Waals surface area contributed by atoms with Crippen LogP contribution < -0.4 is 20.1 Å². The number of ether oxygens (including phenoxy) is 2. The Labute approximate surface area is 151 Å². The minimum absolute atomic E-state index is 0.0959. The van der Waals surface area contributed by atoms with Crippen LogP contribution in [-0.4, -0.2) is 39.1 Å². The van der Waals surface area contributed by atoms with E-state index >= 15 is 0 Å². The third kappa shape index (κ3) is 5.20. The zero-order valence-corrected chi connectivity index (χ0v) is 14.7. The monoisotopic (exact) mass is 360 g/mol. The molecule has 0 aliphatic heterocycles. The van der Waals surface area contributed by atoms with Crippen molar-refractivity contribution in [2.24, 2.45) is 0 Å². The van der Waals surface area contributed by atoms with Gasteiger partial charge in [0.1, 0.15) is 17.3 Å². The summed E-state index contributed by atoms with van der Waals surface area (Å²) in [7, 11) is 3.15. The van der Waals surface area contributed by atoms with Gasteiger partial charge in [-0.1, -0.05) is 12.1 Å². The number of halogens is 1. The molecule has 0 aliphatic carbocycles. The Morgan fingerprint density at radius 2 is 1.81 bits per heavy atom. The first-order chi connectivity index (χ1) is 12.5. The molecule has 0 saturated heterocycles. The topological polar surface area (TPSA) is 76.7 Å². The van der Waals surface area contributed by atoms with Crippen LogP contribution in [0.5, 0.6) is 11.5 Å². The van der Waals surface area contributed by atoms with Gasteiger partial charge < -0.3 is 20.1 Å². The molecule has 2 rings (SSSR count). The van der Waals surface area contributed by atoms with Crippen LogP contribution in [0.2, 0.25) is 0 Å². The summed E-state index contributed by atoms with van der Waals surface area (Å²) in [6, 6.07) is 11.0. The lowest BCUT2D eigenvalue weighted by Crippen LogP contribution is -2.38. The Morgan fingerprint density at radius 1 is 1.04 bits per heavy atom. The predicted molar refractivity (Wildman–Crippen MR) is 95.0 cm³/mol. The highest BCUT2D eigenvalue weighted by Crippen LogP contribution is 2.24. The number of carbonyl (C=O) groups is 2. The maximum atomic E-state index is 13.5. The smallest absolute Gasteiger partial charge is 0.254 e. The van der Waals surface area contributed by atoms with Crippen LogP contribution in [0.3, 0.4) is 0 Å². The van der Waals surface area contributed by atoms with Crippen molar-refractivity contribution in [2.45, 2.75) is 6.42 Å². The quantitative estimate of drug-likeness (QED) is 0.754. The molecule has 138 valence electrons. The molecule has 2 amide bonds. The second-order valence-electron chi connectivity index (χ2n) is 5.44. The number of carbonyl (C=O) groups excluding carboxylic acids is 2. The second-order valence-corrected chi connectivity index (χ2v) is 5.44. The van der Waals surface area contributed by atoms with E-state index in [0.29, 0.717) is 24.5 Å². The van der Waals surface area contributed by atoms with Gasteiger partial charge in [0.15, 0.2) is 0 Å². The molecule has 2 aromatic rings. The lowest BCUT2D eigenvalue weighted by Gasteiger charge is -2.11. The first-order valence-corrected chi connectivity index (χ1v) is 8.05. The zero-order chi connectivity index (χ0) is 18.9. The predicted octanol–water partition coefficient (Wildman–Crippen LogP) is 1.93. The summed E-state index contributed by atoms with van der Waals surface area (Å²) in [6.07, 6.45) is 0.535. The van der Waals surface area contributed by atoms with Gasteiger partial charge in [-0.2, -0.15) is 0 Å². The van der Waals surface area contributed by atoms with E-state index < -0.39 is 11.7 Å². The van der Waals surface area contributed by atoms with E-state index in [9.17, 15) is 14.0 Å². The van der Waals surface area contributed by atoms with E-state index in [0.717, 1.165) is 5.56 Å². The van der Waals surface area contributed by atoms with Gasteiger partial charge in [-0.05, 0) is 42.3 Å². The van der Waals surface area contributed by atoms with Crippen LogP contribution in [0, 0.1) is 5.82 Å². The number of methoxy groups -OCH3 is 2. The van der Waals surface area contributed by atoms with E-state index in [1.165, 1.54) is 18.2 Å². The van der Waals surface area contributed by atoms with Crippen molar-refractivity contribution in [2.75, 3.05) is 27.3 Å². The number of hydrogen-bond acceptors (Lipinski definition) is 4. The second kappa shape index (κ2) is 9.41. The number of rotatable bonds is 8. The average molecular weight is 360 g/mol. The van der Waals surface area contributed by atoms with Crippen LogP contribution in [0.25, 0.3) is 0 Å². The first-order valence-electron chi connectivity index (χ1n) is 8.05. The summed E-state index contributed by atoms with van der Waals surface area (Å²) in [5, 5.41) is 5.09. The Bertz CT molecular complexity index is 780. The van der Waals surface area contributed by atoms with Gasteiger partial charge in [0, 0.05) is 6.54 Å². The van der Waals surface area contributed by atoms with E-state index in [1.807, 2.05) is 6.07 Å². The fourth-order valence-electron chi connectivity index (χ4n) is 2.38. The maximum absolute atomic E-state index is 13.5. The Hall–Kier alpha value is -3.09. The van der Waals surface area contributed by atoms with E-state index in [2.05, 4.69) is 10.6 Å². The Balaban J connectivity index is 1.81. The maximum Gasteiger partial charge on any atom is 0.254 e. The van der Waals surface area contributed by atoms with E-state index in [-0.39, 0.29) is 18.0 Å². The summed E-state index contributed by atoms with van der Waals surface area (Å²) in [6.45, 7) is 0.125. The lowest BCUT2D eigenvalue weighted by atomic mass is 10.1. The van der Waals surface area contributed by atoms with Crippen molar-refractivity contribution < 1.29 is 23.5 Å². The molecule has 0 atom stereocenters. The van der Waals surface area contributed by atoms with Crippen molar-refractivity contribution in [1.29, 1.82) is 0 Å². The standard InChI is InChI=1S/C19H21FN2O4/c1-25-14-7-8-17(26-2)13(11-14)9-10-21-18(23)12-22-19(24)15-5-3-4-6-16(15)20/h3-8,11H,9-10,12H2,1-2H3,(H,21,23)(H,22,24). The van der Waals surface area contributed by atoms with Gasteiger partial charge in [0.25, 0.3) is 5.91 Å². The highest BCUT2D eigenvalue weighted by Gasteiger charge is 2.12. The third-order valence-corrected chi connectivity index (χ3v) is 3.73. The van der Waals surface area contributed by atoms with Gasteiger partial charge in [0.05, 0.1) is 26.3 Å². The molecule has 0 radical (unpaired) electrons. The molecule has 0 fully saturated rings. The normalized spacial score (nSPS) is 10.1. The zero-order valence-electron chi connectivity index (χ0n) is 14.7. The van der Waals surface area contributed by atoms with Crippen molar-refractivity contribution >= 4 is 11.8 Å². The molecule has 0 spiro atoms. The molecule has 0 aromatic heterocycles. The summed E-state index contributed by atoms with van der Waals surface area (Å²) < 4.78 is 24.0.